The van der Waals surface area contributed by atoms with Crippen molar-refractivity contribution in [3.05, 3.63) is 59.7 Å². The van der Waals surface area contributed by atoms with Gasteiger partial charge in [0, 0.05) is 25.4 Å². The van der Waals surface area contributed by atoms with Crippen LogP contribution in [-0.4, -0.2) is 53.7 Å². The Balaban J connectivity index is 1.59. The molecule has 0 saturated carbocycles. The third-order valence-corrected chi connectivity index (χ3v) is 5.91. The van der Waals surface area contributed by atoms with Gasteiger partial charge < -0.3 is 20.1 Å². The summed E-state index contributed by atoms with van der Waals surface area (Å²) >= 11 is 0. The van der Waals surface area contributed by atoms with Crippen LogP contribution in [0.3, 0.4) is 0 Å². The van der Waals surface area contributed by atoms with E-state index in [4.69, 9.17) is 9.84 Å². The number of likely N-dealkylation sites (N-methyl/N-ethyl adjacent to an activating group) is 1. The molecule has 1 aliphatic rings. The van der Waals surface area contributed by atoms with E-state index in [1.807, 2.05) is 43.3 Å². The number of hydrogen-bond acceptors (Lipinski definition) is 4. The van der Waals surface area contributed by atoms with Crippen LogP contribution in [0.4, 0.5) is 4.79 Å². The Morgan fingerprint density at radius 2 is 1.61 bits per heavy atom. The summed E-state index contributed by atoms with van der Waals surface area (Å²) in [5, 5.41) is 11.8. The van der Waals surface area contributed by atoms with Crippen molar-refractivity contribution >= 4 is 18.0 Å². The van der Waals surface area contributed by atoms with Crippen LogP contribution in [0.15, 0.2) is 48.5 Å². The number of ether oxygens (including phenoxy) is 1. The molecular weight excluding hydrogens is 396 g/mol. The number of fused-ring (bicyclic) bond motifs is 3. The molecule has 3 rings (SSSR count). The molecule has 0 saturated heterocycles. The highest BCUT2D eigenvalue weighted by molar-refractivity contribution is 5.84. The summed E-state index contributed by atoms with van der Waals surface area (Å²) in [6.45, 7) is 3.49. The van der Waals surface area contributed by atoms with Crippen molar-refractivity contribution < 1.29 is 24.2 Å². The first kappa shape index (κ1) is 22.3. The van der Waals surface area contributed by atoms with E-state index >= 15 is 0 Å². The van der Waals surface area contributed by atoms with Crippen LogP contribution >= 0.6 is 0 Å². The fourth-order valence-corrected chi connectivity index (χ4v) is 3.84. The number of amides is 2. The molecule has 0 heterocycles. The molecule has 0 radical (unpaired) electrons. The van der Waals surface area contributed by atoms with Crippen molar-refractivity contribution in [2.45, 2.75) is 44.7 Å². The minimum atomic E-state index is -1.08. The summed E-state index contributed by atoms with van der Waals surface area (Å²) in [7, 11) is 1.45. The highest BCUT2D eigenvalue weighted by Crippen LogP contribution is 2.44. The number of benzene rings is 2. The van der Waals surface area contributed by atoms with E-state index in [1.54, 1.807) is 0 Å². The number of nitrogens with one attached hydrogen (secondary N) is 1. The quantitative estimate of drug-likeness (QED) is 0.675. The molecule has 2 aromatic rings. The van der Waals surface area contributed by atoms with Gasteiger partial charge in [-0.1, -0.05) is 55.5 Å². The van der Waals surface area contributed by atoms with Crippen LogP contribution < -0.4 is 5.32 Å². The molecule has 31 heavy (non-hydrogen) atoms. The molecule has 0 spiro atoms. The standard InChI is InChI=1S/C24H28N2O5/c1-4-16(13-22(27)26(3)15(2)23(28)29)25-24(30)31-14-21-19-11-7-5-9-17(19)18-10-6-8-12-20(18)21/h5-12,15-16,21H,4,13-14H2,1-3H3,(H,25,30)(H,28,29)/t15-,16?/m0/s1. The van der Waals surface area contributed by atoms with Crippen molar-refractivity contribution in [3.63, 3.8) is 0 Å². The van der Waals surface area contributed by atoms with Crippen molar-refractivity contribution in [3.8, 4) is 11.1 Å². The van der Waals surface area contributed by atoms with E-state index < -0.39 is 24.1 Å². The zero-order valence-corrected chi connectivity index (χ0v) is 18.0. The van der Waals surface area contributed by atoms with E-state index in [0.717, 1.165) is 22.3 Å². The van der Waals surface area contributed by atoms with Crippen molar-refractivity contribution in [2.24, 2.45) is 0 Å². The minimum absolute atomic E-state index is 0.00875. The number of rotatable bonds is 8. The van der Waals surface area contributed by atoms with Gasteiger partial charge in [0.15, 0.2) is 0 Å². The summed E-state index contributed by atoms with van der Waals surface area (Å²) in [5.41, 5.74) is 4.56. The predicted molar refractivity (Wildman–Crippen MR) is 117 cm³/mol. The number of carboxylic acids is 1. The van der Waals surface area contributed by atoms with Crippen molar-refractivity contribution in [2.75, 3.05) is 13.7 Å². The Kier molecular flexibility index (Phi) is 6.95. The van der Waals surface area contributed by atoms with E-state index in [0.29, 0.717) is 6.42 Å². The molecule has 0 aliphatic heterocycles. The molecule has 1 unspecified atom stereocenters. The van der Waals surface area contributed by atoms with Crippen molar-refractivity contribution in [1.82, 2.24) is 10.2 Å². The normalized spacial score (nSPS) is 14.2. The monoisotopic (exact) mass is 424 g/mol. The van der Waals surface area contributed by atoms with Gasteiger partial charge in [-0.25, -0.2) is 9.59 Å². The molecule has 2 atom stereocenters. The Bertz CT molecular complexity index is 928. The fourth-order valence-electron chi connectivity index (χ4n) is 3.84. The Labute approximate surface area is 182 Å². The molecule has 0 aromatic heterocycles. The zero-order valence-electron chi connectivity index (χ0n) is 18.0. The molecule has 1 aliphatic carbocycles. The number of hydrogen-bond donors (Lipinski definition) is 2. The first-order valence-corrected chi connectivity index (χ1v) is 10.4. The zero-order chi connectivity index (χ0) is 22.5. The van der Waals surface area contributed by atoms with Gasteiger partial charge in [0.05, 0.1) is 0 Å². The SMILES string of the molecule is CCC(CC(=O)N(C)[C@@H](C)C(=O)O)NC(=O)OCC1c2ccccc2-c2ccccc21. The third kappa shape index (κ3) is 4.87. The second-order valence-electron chi connectivity index (χ2n) is 7.80. The lowest BCUT2D eigenvalue weighted by Crippen LogP contribution is -2.44. The van der Waals surface area contributed by atoms with E-state index in [2.05, 4.69) is 17.4 Å². The summed E-state index contributed by atoms with van der Waals surface area (Å²) in [6, 6.07) is 14.8. The summed E-state index contributed by atoms with van der Waals surface area (Å²) < 4.78 is 5.53. The van der Waals surface area contributed by atoms with Gasteiger partial charge in [0.1, 0.15) is 12.6 Å². The molecule has 7 heteroatoms. The van der Waals surface area contributed by atoms with Gasteiger partial charge in [0.2, 0.25) is 5.91 Å². The molecule has 2 N–H and O–H groups in total. The third-order valence-electron chi connectivity index (χ3n) is 5.91. The van der Waals surface area contributed by atoms with Crippen molar-refractivity contribution in [1.29, 1.82) is 0 Å². The van der Waals surface area contributed by atoms with Gasteiger partial charge in [-0.2, -0.15) is 0 Å². The topological polar surface area (TPSA) is 95.9 Å². The van der Waals surface area contributed by atoms with Crippen LogP contribution in [0.1, 0.15) is 43.7 Å². The van der Waals surface area contributed by atoms with Gasteiger partial charge in [-0.3, -0.25) is 4.79 Å². The van der Waals surface area contributed by atoms with Gasteiger partial charge >= 0.3 is 12.1 Å². The predicted octanol–water partition coefficient (Wildman–Crippen LogP) is 3.63. The number of carbonyl (C=O) groups is 3. The molecule has 0 bridgehead atoms. The number of carbonyl (C=O) groups excluding carboxylic acids is 2. The number of nitrogens with zero attached hydrogens (tertiary/aromatic N) is 1. The van der Waals surface area contributed by atoms with E-state index in [-0.39, 0.29) is 24.9 Å². The number of carboxylic acid groups (broad SMARTS) is 1. The minimum Gasteiger partial charge on any atom is -0.480 e. The maximum atomic E-state index is 12.4. The fraction of sp³-hybridized carbons (Fsp3) is 0.375. The molecule has 164 valence electrons. The Morgan fingerprint density at radius 3 is 2.13 bits per heavy atom. The maximum absolute atomic E-state index is 12.4. The molecule has 2 aromatic carbocycles. The van der Waals surface area contributed by atoms with Gasteiger partial charge in [-0.15, -0.1) is 0 Å². The number of aliphatic carboxylic acids is 1. The van der Waals surface area contributed by atoms with Crippen LogP contribution in [0.25, 0.3) is 11.1 Å². The lowest BCUT2D eigenvalue weighted by Gasteiger charge is -2.24. The summed E-state index contributed by atoms with van der Waals surface area (Å²) in [4.78, 5) is 37.0. The summed E-state index contributed by atoms with van der Waals surface area (Å²) in [5.74, 6) is -1.46. The van der Waals surface area contributed by atoms with Crippen LogP contribution in [0, 0.1) is 0 Å². The molecule has 0 fully saturated rings. The smallest absolute Gasteiger partial charge is 0.407 e. The molecule has 2 amide bonds. The first-order chi connectivity index (χ1) is 14.8. The summed E-state index contributed by atoms with van der Waals surface area (Å²) in [6.07, 6.45) is -0.0597. The van der Waals surface area contributed by atoms with Crippen LogP contribution in [-0.2, 0) is 14.3 Å². The van der Waals surface area contributed by atoms with E-state index in [1.165, 1.54) is 18.9 Å². The Morgan fingerprint density at radius 1 is 1.06 bits per heavy atom. The Hall–Kier alpha value is -3.35. The largest absolute Gasteiger partial charge is 0.480 e. The highest BCUT2D eigenvalue weighted by Gasteiger charge is 2.29. The maximum Gasteiger partial charge on any atom is 0.407 e. The second-order valence-corrected chi connectivity index (χ2v) is 7.80. The average molecular weight is 424 g/mol. The van der Waals surface area contributed by atoms with Crippen LogP contribution in [0.5, 0.6) is 0 Å². The van der Waals surface area contributed by atoms with Gasteiger partial charge in [0.25, 0.3) is 0 Å². The molecule has 7 nitrogen and oxygen atoms in total. The van der Waals surface area contributed by atoms with Gasteiger partial charge in [-0.05, 0) is 35.6 Å². The first-order valence-electron chi connectivity index (χ1n) is 10.4. The van der Waals surface area contributed by atoms with E-state index in [9.17, 15) is 14.4 Å². The lowest BCUT2D eigenvalue weighted by molar-refractivity contribution is -0.148. The highest BCUT2D eigenvalue weighted by atomic mass is 16.5. The lowest BCUT2D eigenvalue weighted by atomic mass is 9.98. The van der Waals surface area contributed by atoms with Crippen LogP contribution in [0.2, 0.25) is 0 Å². The average Bonchev–Trinajstić information content (AvgIpc) is 3.09. The molecular formula is C24H28N2O5. The second kappa shape index (κ2) is 9.64. The number of alkyl carbamates (subject to hydrolysis) is 1.